The van der Waals surface area contributed by atoms with E-state index in [9.17, 15) is 9.59 Å². The van der Waals surface area contributed by atoms with Crippen LogP contribution in [0.1, 0.15) is 31.7 Å². The summed E-state index contributed by atoms with van der Waals surface area (Å²) in [6, 6.07) is 10.8. The summed E-state index contributed by atoms with van der Waals surface area (Å²) in [6.45, 7) is 7.18. The second-order valence-electron chi connectivity index (χ2n) is 7.23. The van der Waals surface area contributed by atoms with Gasteiger partial charge in [-0.3, -0.25) is 4.90 Å². The standard InChI is InChI=1S/C19H23N3O3S/c1-19(2,3)16(15-8-5-11-26-15)21-17(23)20-13-6-4-7-14(12-13)22-9-10-25-18(22)24/h4-8,11-12,16H,9-10H2,1-3H3,(H2,20,21,23)/t16-/m0/s1. The molecule has 0 bridgehead atoms. The van der Waals surface area contributed by atoms with Crippen molar-refractivity contribution >= 4 is 34.8 Å². The quantitative estimate of drug-likeness (QED) is 0.822. The van der Waals surface area contributed by atoms with Crippen molar-refractivity contribution in [2.75, 3.05) is 23.4 Å². The van der Waals surface area contributed by atoms with E-state index in [0.29, 0.717) is 24.5 Å². The first-order valence-electron chi connectivity index (χ1n) is 8.50. The van der Waals surface area contributed by atoms with Crippen LogP contribution in [0.2, 0.25) is 0 Å². The largest absolute Gasteiger partial charge is 0.447 e. The number of thiophene rings is 1. The van der Waals surface area contributed by atoms with Gasteiger partial charge < -0.3 is 15.4 Å². The van der Waals surface area contributed by atoms with Gasteiger partial charge in [0.2, 0.25) is 0 Å². The summed E-state index contributed by atoms with van der Waals surface area (Å²) in [6.07, 6.45) is -0.364. The number of anilines is 2. The molecule has 1 saturated heterocycles. The molecule has 0 aliphatic carbocycles. The first-order valence-corrected chi connectivity index (χ1v) is 9.38. The lowest BCUT2D eigenvalue weighted by molar-refractivity contribution is 0.181. The highest BCUT2D eigenvalue weighted by molar-refractivity contribution is 7.10. The minimum Gasteiger partial charge on any atom is -0.447 e. The molecule has 1 aromatic heterocycles. The molecule has 1 atom stereocenters. The first-order chi connectivity index (χ1) is 12.3. The second-order valence-corrected chi connectivity index (χ2v) is 8.21. The van der Waals surface area contributed by atoms with Crippen LogP contribution in [0.25, 0.3) is 0 Å². The van der Waals surface area contributed by atoms with E-state index in [2.05, 4.69) is 31.4 Å². The van der Waals surface area contributed by atoms with Gasteiger partial charge in [0, 0.05) is 16.3 Å². The van der Waals surface area contributed by atoms with Crippen LogP contribution >= 0.6 is 11.3 Å². The average Bonchev–Trinajstić information content (AvgIpc) is 3.23. The van der Waals surface area contributed by atoms with E-state index >= 15 is 0 Å². The zero-order valence-electron chi connectivity index (χ0n) is 15.1. The minimum absolute atomic E-state index is 0.0979. The van der Waals surface area contributed by atoms with Gasteiger partial charge in [-0.2, -0.15) is 0 Å². The molecule has 2 N–H and O–H groups in total. The molecule has 1 aromatic carbocycles. The Morgan fingerprint density at radius 3 is 2.69 bits per heavy atom. The van der Waals surface area contributed by atoms with Gasteiger partial charge in [-0.1, -0.05) is 32.9 Å². The number of rotatable bonds is 4. The molecule has 0 unspecified atom stereocenters. The number of ether oxygens (including phenoxy) is 1. The summed E-state index contributed by atoms with van der Waals surface area (Å²) in [4.78, 5) is 26.9. The third-order valence-electron chi connectivity index (χ3n) is 4.15. The van der Waals surface area contributed by atoms with Crippen LogP contribution in [0.3, 0.4) is 0 Å². The number of cyclic esters (lactones) is 1. The number of nitrogens with zero attached hydrogens (tertiary/aromatic N) is 1. The molecule has 1 aliphatic heterocycles. The fourth-order valence-corrected chi connectivity index (χ4v) is 3.87. The SMILES string of the molecule is CC(C)(C)[C@@H](NC(=O)Nc1cccc(N2CCOC2=O)c1)c1cccs1. The highest BCUT2D eigenvalue weighted by Crippen LogP contribution is 2.35. The second kappa shape index (κ2) is 7.37. The minimum atomic E-state index is -0.364. The number of hydrogen-bond donors (Lipinski definition) is 2. The van der Waals surface area contributed by atoms with Gasteiger partial charge in [-0.15, -0.1) is 11.3 Å². The lowest BCUT2D eigenvalue weighted by atomic mass is 9.86. The molecule has 3 rings (SSSR count). The summed E-state index contributed by atoms with van der Waals surface area (Å²) < 4.78 is 4.96. The molecule has 0 saturated carbocycles. The van der Waals surface area contributed by atoms with Crippen LogP contribution in [0.5, 0.6) is 0 Å². The van der Waals surface area contributed by atoms with Crippen molar-refractivity contribution in [1.82, 2.24) is 5.32 Å². The van der Waals surface area contributed by atoms with Crippen LogP contribution in [0.15, 0.2) is 41.8 Å². The number of urea groups is 1. The van der Waals surface area contributed by atoms with Crippen molar-refractivity contribution in [3.63, 3.8) is 0 Å². The molecule has 26 heavy (non-hydrogen) atoms. The van der Waals surface area contributed by atoms with Crippen LogP contribution < -0.4 is 15.5 Å². The smallest absolute Gasteiger partial charge is 0.414 e. The van der Waals surface area contributed by atoms with Gasteiger partial charge in [0.1, 0.15) is 6.61 Å². The van der Waals surface area contributed by atoms with Crippen LogP contribution in [-0.2, 0) is 4.74 Å². The summed E-state index contributed by atoms with van der Waals surface area (Å²) >= 11 is 1.63. The molecular weight excluding hydrogens is 350 g/mol. The van der Waals surface area contributed by atoms with Crippen molar-refractivity contribution < 1.29 is 14.3 Å². The lowest BCUT2D eigenvalue weighted by Crippen LogP contribution is -2.38. The zero-order chi connectivity index (χ0) is 18.7. The van der Waals surface area contributed by atoms with Crippen molar-refractivity contribution in [1.29, 1.82) is 0 Å². The van der Waals surface area contributed by atoms with Crippen molar-refractivity contribution in [2.45, 2.75) is 26.8 Å². The van der Waals surface area contributed by atoms with Crippen molar-refractivity contribution in [3.05, 3.63) is 46.7 Å². The third-order valence-corrected chi connectivity index (χ3v) is 5.08. The van der Waals surface area contributed by atoms with E-state index in [1.807, 2.05) is 23.6 Å². The number of nitrogens with one attached hydrogen (secondary N) is 2. The Morgan fingerprint density at radius 1 is 1.27 bits per heavy atom. The van der Waals surface area contributed by atoms with E-state index in [0.717, 1.165) is 4.88 Å². The number of carbonyl (C=O) groups excluding carboxylic acids is 2. The highest BCUT2D eigenvalue weighted by atomic mass is 32.1. The Morgan fingerprint density at radius 2 is 2.08 bits per heavy atom. The molecule has 138 valence electrons. The summed E-state index contributed by atoms with van der Waals surface area (Å²) in [5.74, 6) is 0. The molecule has 7 heteroatoms. The molecular formula is C19H23N3O3S. The number of hydrogen-bond acceptors (Lipinski definition) is 4. The summed E-state index contributed by atoms with van der Waals surface area (Å²) in [5, 5.41) is 7.93. The number of carbonyl (C=O) groups is 2. The molecule has 1 aliphatic rings. The van der Waals surface area contributed by atoms with Crippen LogP contribution in [0.4, 0.5) is 21.0 Å². The maximum Gasteiger partial charge on any atom is 0.414 e. The predicted octanol–water partition coefficient (Wildman–Crippen LogP) is 4.61. The molecule has 6 nitrogen and oxygen atoms in total. The maximum atomic E-state index is 12.5. The van der Waals surface area contributed by atoms with E-state index in [-0.39, 0.29) is 23.6 Å². The zero-order valence-corrected chi connectivity index (χ0v) is 15.9. The Bertz CT molecular complexity index is 784. The van der Waals surface area contributed by atoms with E-state index < -0.39 is 0 Å². The molecule has 1 fully saturated rings. The highest BCUT2D eigenvalue weighted by Gasteiger charge is 2.29. The summed E-state index contributed by atoms with van der Waals surface area (Å²) in [5.41, 5.74) is 1.21. The maximum absolute atomic E-state index is 12.5. The molecule has 2 aromatic rings. The topological polar surface area (TPSA) is 70.7 Å². The normalized spacial score (nSPS) is 15.5. The van der Waals surface area contributed by atoms with Gasteiger partial charge in [-0.25, -0.2) is 9.59 Å². The average molecular weight is 373 g/mol. The molecule has 3 amide bonds. The Kier molecular flexibility index (Phi) is 5.18. The molecule has 2 heterocycles. The number of benzene rings is 1. The van der Waals surface area contributed by atoms with Gasteiger partial charge in [-0.05, 0) is 35.1 Å². The van der Waals surface area contributed by atoms with Gasteiger partial charge in [0.05, 0.1) is 12.6 Å². The van der Waals surface area contributed by atoms with Crippen LogP contribution in [0, 0.1) is 5.41 Å². The van der Waals surface area contributed by atoms with E-state index in [4.69, 9.17) is 4.74 Å². The molecule has 0 radical (unpaired) electrons. The van der Waals surface area contributed by atoms with E-state index in [1.165, 1.54) is 0 Å². The van der Waals surface area contributed by atoms with Crippen molar-refractivity contribution in [2.24, 2.45) is 5.41 Å². The van der Waals surface area contributed by atoms with Gasteiger partial charge in [0.15, 0.2) is 0 Å². The lowest BCUT2D eigenvalue weighted by Gasteiger charge is -2.30. The molecule has 0 spiro atoms. The monoisotopic (exact) mass is 373 g/mol. The number of amides is 3. The Hall–Kier alpha value is -2.54. The van der Waals surface area contributed by atoms with Gasteiger partial charge in [0.25, 0.3) is 0 Å². The van der Waals surface area contributed by atoms with Gasteiger partial charge >= 0.3 is 12.1 Å². The first kappa shape index (κ1) is 18.3. The Labute approximate surface area is 157 Å². The Balaban J connectivity index is 1.70. The fraction of sp³-hybridized carbons (Fsp3) is 0.368. The van der Waals surface area contributed by atoms with Crippen molar-refractivity contribution in [3.8, 4) is 0 Å². The summed E-state index contributed by atoms with van der Waals surface area (Å²) in [7, 11) is 0. The predicted molar refractivity (Wildman–Crippen MR) is 104 cm³/mol. The van der Waals surface area contributed by atoms with E-state index in [1.54, 1.807) is 34.4 Å². The van der Waals surface area contributed by atoms with Crippen LogP contribution in [-0.4, -0.2) is 25.3 Å². The third kappa shape index (κ3) is 4.16. The fourth-order valence-electron chi connectivity index (χ4n) is 2.85.